The smallest absolute Gasteiger partial charge is 0.408 e. The fourth-order valence-corrected chi connectivity index (χ4v) is 0.776. The highest BCUT2D eigenvalue weighted by Gasteiger charge is 2.19. The maximum Gasteiger partial charge on any atom is 0.408 e. The van der Waals surface area contributed by atoms with Gasteiger partial charge in [0, 0.05) is 0 Å². The average Bonchev–Trinajstić information content (AvgIpc) is 2.10. The fraction of sp³-hybridized carbons (Fsp3) is 0.455. The van der Waals surface area contributed by atoms with Gasteiger partial charge >= 0.3 is 6.09 Å². The molecule has 1 amide bonds. The number of nitrogens with one attached hydrogen (secondary N) is 1. The van der Waals surface area contributed by atoms with Crippen LogP contribution in [0.3, 0.4) is 0 Å². The molecular formula is C11H17NO3. The Morgan fingerprint density at radius 1 is 1.47 bits per heavy atom. The van der Waals surface area contributed by atoms with Crippen LogP contribution >= 0.6 is 0 Å². The minimum Gasteiger partial charge on any atom is -0.444 e. The Labute approximate surface area is 90.0 Å². The van der Waals surface area contributed by atoms with E-state index in [0.29, 0.717) is 11.9 Å². The van der Waals surface area contributed by atoms with Gasteiger partial charge in [0.2, 0.25) is 0 Å². The number of hydrogen-bond donors (Lipinski definition) is 1. The predicted octanol–water partition coefficient (Wildman–Crippen LogP) is 1.82. The van der Waals surface area contributed by atoms with E-state index in [2.05, 4.69) is 18.5 Å². The molecule has 15 heavy (non-hydrogen) atoms. The maximum absolute atomic E-state index is 11.3. The van der Waals surface area contributed by atoms with Crippen LogP contribution in [-0.4, -0.2) is 24.0 Å². The highest BCUT2D eigenvalue weighted by Crippen LogP contribution is 2.07. The van der Waals surface area contributed by atoms with Crippen molar-refractivity contribution in [1.29, 1.82) is 0 Å². The van der Waals surface area contributed by atoms with Gasteiger partial charge in [-0.2, -0.15) is 0 Å². The second kappa shape index (κ2) is 5.34. The standard InChI is InChI=1S/C11H17NO3/c1-6-8(2)9(7-13)12-10(14)15-11(3,4)5/h6-7,9H,1-2H2,3-5H3,(H,12,14). The topological polar surface area (TPSA) is 55.4 Å². The van der Waals surface area contributed by atoms with Crippen LogP contribution in [-0.2, 0) is 9.53 Å². The molecule has 0 rings (SSSR count). The normalized spacial score (nSPS) is 12.5. The minimum atomic E-state index is -0.780. The van der Waals surface area contributed by atoms with Crippen molar-refractivity contribution < 1.29 is 14.3 Å². The lowest BCUT2D eigenvalue weighted by Gasteiger charge is -2.21. The molecule has 4 heteroatoms. The highest BCUT2D eigenvalue weighted by atomic mass is 16.6. The summed E-state index contributed by atoms with van der Waals surface area (Å²) in [6, 6.07) is -0.780. The number of carbonyl (C=O) groups is 2. The summed E-state index contributed by atoms with van der Waals surface area (Å²) >= 11 is 0. The van der Waals surface area contributed by atoms with Crippen molar-refractivity contribution in [2.75, 3.05) is 0 Å². The third-order valence-electron chi connectivity index (χ3n) is 1.47. The van der Waals surface area contributed by atoms with Crippen molar-refractivity contribution in [3.63, 3.8) is 0 Å². The van der Waals surface area contributed by atoms with E-state index in [0.717, 1.165) is 0 Å². The van der Waals surface area contributed by atoms with Gasteiger partial charge in [0.05, 0.1) is 0 Å². The molecule has 0 aliphatic heterocycles. The SMILES string of the molecule is C=CC(=C)C(C=O)NC(=O)OC(C)(C)C. The Kier molecular flexibility index (Phi) is 4.78. The maximum atomic E-state index is 11.3. The second-order valence-electron chi connectivity index (χ2n) is 4.04. The molecule has 0 aromatic heterocycles. The molecule has 0 saturated heterocycles. The molecule has 0 aromatic rings. The Morgan fingerprint density at radius 2 is 2.00 bits per heavy atom. The zero-order chi connectivity index (χ0) is 12.1. The molecule has 4 nitrogen and oxygen atoms in total. The van der Waals surface area contributed by atoms with Gasteiger partial charge in [-0.3, -0.25) is 0 Å². The van der Waals surface area contributed by atoms with Crippen LogP contribution in [0, 0.1) is 0 Å². The fourth-order valence-electron chi connectivity index (χ4n) is 0.776. The molecule has 1 unspecified atom stereocenters. The first-order valence-corrected chi connectivity index (χ1v) is 4.56. The Balaban J connectivity index is 4.32. The lowest BCUT2D eigenvalue weighted by atomic mass is 10.1. The van der Waals surface area contributed by atoms with Crippen molar-refractivity contribution in [2.45, 2.75) is 32.4 Å². The lowest BCUT2D eigenvalue weighted by molar-refractivity contribution is -0.108. The van der Waals surface area contributed by atoms with E-state index in [-0.39, 0.29) is 0 Å². The number of hydrogen-bond acceptors (Lipinski definition) is 3. The van der Waals surface area contributed by atoms with E-state index in [9.17, 15) is 9.59 Å². The van der Waals surface area contributed by atoms with Gasteiger partial charge in [-0.05, 0) is 26.3 Å². The molecule has 0 heterocycles. The lowest BCUT2D eigenvalue weighted by Crippen LogP contribution is -2.40. The van der Waals surface area contributed by atoms with E-state index in [1.807, 2.05) is 0 Å². The molecule has 0 bridgehead atoms. The number of rotatable bonds is 4. The molecule has 1 N–H and O–H groups in total. The number of carbonyl (C=O) groups excluding carboxylic acids is 2. The van der Waals surface area contributed by atoms with E-state index >= 15 is 0 Å². The Morgan fingerprint density at radius 3 is 2.33 bits per heavy atom. The quantitative estimate of drug-likeness (QED) is 0.570. The van der Waals surface area contributed by atoms with Crippen LogP contribution < -0.4 is 5.32 Å². The molecule has 0 aromatic carbocycles. The van der Waals surface area contributed by atoms with Gasteiger partial charge in [-0.15, -0.1) is 0 Å². The van der Waals surface area contributed by atoms with Crippen LogP contribution in [0.15, 0.2) is 24.8 Å². The van der Waals surface area contributed by atoms with Gasteiger partial charge in [0.25, 0.3) is 0 Å². The van der Waals surface area contributed by atoms with Crippen molar-refractivity contribution >= 4 is 12.4 Å². The summed E-state index contributed by atoms with van der Waals surface area (Å²) in [5.41, 5.74) is -0.164. The van der Waals surface area contributed by atoms with E-state index in [1.54, 1.807) is 20.8 Å². The van der Waals surface area contributed by atoms with Crippen molar-refractivity contribution in [2.24, 2.45) is 0 Å². The number of aldehydes is 1. The van der Waals surface area contributed by atoms with Gasteiger partial charge in [0.15, 0.2) is 0 Å². The third-order valence-corrected chi connectivity index (χ3v) is 1.47. The first kappa shape index (κ1) is 13.4. The molecule has 0 aliphatic carbocycles. The molecular weight excluding hydrogens is 194 g/mol. The van der Waals surface area contributed by atoms with E-state index < -0.39 is 17.7 Å². The molecule has 0 radical (unpaired) electrons. The molecule has 0 saturated carbocycles. The van der Waals surface area contributed by atoms with Gasteiger partial charge in [0.1, 0.15) is 17.9 Å². The Hall–Kier alpha value is -1.58. The highest BCUT2D eigenvalue weighted by molar-refractivity contribution is 5.76. The van der Waals surface area contributed by atoms with E-state index in [4.69, 9.17) is 4.74 Å². The van der Waals surface area contributed by atoms with Gasteiger partial charge in [-0.25, -0.2) is 4.79 Å². The summed E-state index contributed by atoms with van der Waals surface area (Å²) < 4.78 is 4.98. The zero-order valence-corrected chi connectivity index (χ0v) is 9.37. The molecule has 1 atom stereocenters. The number of amides is 1. The van der Waals surface area contributed by atoms with Crippen molar-refractivity contribution in [3.8, 4) is 0 Å². The molecule has 0 aliphatic rings. The summed E-state index contributed by atoms with van der Waals surface area (Å²) in [6.45, 7) is 12.3. The predicted molar refractivity (Wildman–Crippen MR) is 58.6 cm³/mol. The van der Waals surface area contributed by atoms with Crippen molar-refractivity contribution in [1.82, 2.24) is 5.32 Å². The number of ether oxygens (including phenoxy) is 1. The summed E-state index contributed by atoms with van der Waals surface area (Å²) in [5.74, 6) is 0. The van der Waals surface area contributed by atoms with Gasteiger partial charge < -0.3 is 14.8 Å². The zero-order valence-electron chi connectivity index (χ0n) is 9.37. The molecule has 0 spiro atoms. The first-order chi connectivity index (χ1) is 6.80. The summed E-state index contributed by atoms with van der Waals surface area (Å²) in [7, 11) is 0. The average molecular weight is 211 g/mol. The second-order valence-corrected chi connectivity index (χ2v) is 4.04. The summed E-state index contributed by atoms with van der Waals surface area (Å²) in [5, 5.41) is 2.37. The Bertz CT molecular complexity index is 276. The molecule has 84 valence electrons. The summed E-state index contributed by atoms with van der Waals surface area (Å²) in [4.78, 5) is 21.9. The monoisotopic (exact) mass is 211 g/mol. The van der Waals surface area contributed by atoms with Crippen LogP contribution in [0.2, 0.25) is 0 Å². The van der Waals surface area contributed by atoms with Crippen LogP contribution in [0.25, 0.3) is 0 Å². The van der Waals surface area contributed by atoms with Crippen LogP contribution in [0.1, 0.15) is 20.8 Å². The van der Waals surface area contributed by atoms with Gasteiger partial charge in [-0.1, -0.05) is 19.2 Å². The van der Waals surface area contributed by atoms with Crippen molar-refractivity contribution in [3.05, 3.63) is 24.8 Å². The van der Waals surface area contributed by atoms with E-state index in [1.165, 1.54) is 6.08 Å². The number of alkyl carbamates (subject to hydrolysis) is 1. The molecule has 0 fully saturated rings. The first-order valence-electron chi connectivity index (χ1n) is 4.56. The third kappa shape index (κ3) is 5.67. The van der Waals surface area contributed by atoms with Crippen LogP contribution in [0.4, 0.5) is 4.79 Å². The van der Waals surface area contributed by atoms with Crippen LogP contribution in [0.5, 0.6) is 0 Å². The minimum absolute atomic E-state index is 0.427. The summed E-state index contributed by atoms with van der Waals surface area (Å²) in [6.07, 6.45) is 1.34. The largest absolute Gasteiger partial charge is 0.444 e.